The van der Waals surface area contributed by atoms with Gasteiger partial charge in [-0.1, -0.05) is 24.3 Å². The summed E-state index contributed by atoms with van der Waals surface area (Å²) >= 11 is 0. The SMILES string of the molecule is CCOc1cc(B2OC(C)(C)C(C)(C)O2)c2ccccc2c1. The third kappa shape index (κ3) is 2.51. The lowest BCUT2D eigenvalue weighted by Crippen LogP contribution is -2.41. The van der Waals surface area contributed by atoms with Crippen LogP contribution in [0.25, 0.3) is 10.8 Å². The van der Waals surface area contributed by atoms with Crippen molar-refractivity contribution in [2.45, 2.75) is 45.8 Å². The van der Waals surface area contributed by atoms with E-state index < -0.39 is 0 Å². The third-order valence-corrected chi connectivity index (χ3v) is 4.69. The number of rotatable bonds is 3. The van der Waals surface area contributed by atoms with E-state index >= 15 is 0 Å². The number of fused-ring (bicyclic) bond motifs is 1. The van der Waals surface area contributed by atoms with E-state index in [2.05, 4.69) is 45.9 Å². The molecule has 3 nitrogen and oxygen atoms in total. The van der Waals surface area contributed by atoms with Gasteiger partial charge in [0.15, 0.2) is 0 Å². The Balaban J connectivity index is 2.10. The summed E-state index contributed by atoms with van der Waals surface area (Å²) in [6.07, 6.45) is 0. The highest BCUT2D eigenvalue weighted by molar-refractivity contribution is 6.65. The van der Waals surface area contributed by atoms with Crippen molar-refractivity contribution in [1.82, 2.24) is 0 Å². The van der Waals surface area contributed by atoms with Gasteiger partial charge in [0, 0.05) is 0 Å². The van der Waals surface area contributed by atoms with E-state index in [0.717, 1.165) is 22.0 Å². The van der Waals surface area contributed by atoms with Crippen LogP contribution >= 0.6 is 0 Å². The fourth-order valence-corrected chi connectivity index (χ4v) is 2.73. The van der Waals surface area contributed by atoms with Crippen molar-refractivity contribution in [3.63, 3.8) is 0 Å². The highest BCUT2D eigenvalue weighted by Crippen LogP contribution is 2.37. The zero-order valence-corrected chi connectivity index (χ0v) is 14.0. The molecule has 2 aromatic rings. The molecule has 1 saturated heterocycles. The lowest BCUT2D eigenvalue weighted by atomic mass is 9.76. The second kappa shape index (κ2) is 5.29. The zero-order chi connectivity index (χ0) is 16.0. The molecule has 1 aliphatic heterocycles. The van der Waals surface area contributed by atoms with E-state index in [-0.39, 0.29) is 18.3 Å². The largest absolute Gasteiger partial charge is 0.495 e. The van der Waals surface area contributed by atoms with E-state index in [1.54, 1.807) is 0 Å². The summed E-state index contributed by atoms with van der Waals surface area (Å²) in [6.45, 7) is 10.9. The first-order valence-corrected chi connectivity index (χ1v) is 7.85. The Morgan fingerprint density at radius 2 is 1.64 bits per heavy atom. The van der Waals surface area contributed by atoms with Crippen molar-refractivity contribution < 1.29 is 14.0 Å². The number of hydrogen-bond donors (Lipinski definition) is 0. The molecule has 4 heteroatoms. The minimum atomic E-state index is -0.379. The first-order valence-electron chi connectivity index (χ1n) is 7.85. The van der Waals surface area contributed by atoms with Crippen LogP contribution < -0.4 is 10.2 Å². The normalized spacial score (nSPS) is 19.6. The fraction of sp³-hybridized carbons (Fsp3) is 0.444. The quantitative estimate of drug-likeness (QED) is 0.811. The van der Waals surface area contributed by atoms with Crippen LogP contribution in [-0.2, 0) is 9.31 Å². The van der Waals surface area contributed by atoms with Gasteiger partial charge in [0.1, 0.15) is 5.75 Å². The molecule has 1 heterocycles. The van der Waals surface area contributed by atoms with Crippen LogP contribution in [0.2, 0.25) is 0 Å². The maximum absolute atomic E-state index is 6.21. The van der Waals surface area contributed by atoms with Crippen molar-refractivity contribution in [3.8, 4) is 5.75 Å². The average Bonchev–Trinajstić information content (AvgIpc) is 2.67. The Kier molecular flexibility index (Phi) is 3.70. The van der Waals surface area contributed by atoms with Crippen molar-refractivity contribution in [2.75, 3.05) is 6.61 Å². The molecule has 0 N–H and O–H groups in total. The molecule has 0 amide bonds. The van der Waals surface area contributed by atoms with Crippen molar-refractivity contribution in [1.29, 1.82) is 0 Å². The van der Waals surface area contributed by atoms with Gasteiger partial charge in [-0.25, -0.2) is 0 Å². The summed E-state index contributed by atoms with van der Waals surface area (Å²) in [4.78, 5) is 0. The maximum atomic E-state index is 6.21. The molecule has 0 bridgehead atoms. The first kappa shape index (κ1) is 15.4. The molecule has 3 rings (SSSR count). The molecule has 0 radical (unpaired) electrons. The number of benzene rings is 2. The molecule has 1 fully saturated rings. The topological polar surface area (TPSA) is 27.7 Å². The molecule has 0 atom stereocenters. The summed E-state index contributed by atoms with van der Waals surface area (Å²) in [6, 6.07) is 12.4. The first-order chi connectivity index (χ1) is 10.3. The summed E-state index contributed by atoms with van der Waals surface area (Å²) in [7, 11) is -0.379. The van der Waals surface area contributed by atoms with E-state index in [9.17, 15) is 0 Å². The Morgan fingerprint density at radius 1 is 1.00 bits per heavy atom. The molecule has 116 valence electrons. The molecule has 0 unspecified atom stereocenters. The van der Waals surface area contributed by atoms with E-state index in [4.69, 9.17) is 14.0 Å². The molecule has 22 heavy (non-hydrogen) atoms. The monoisotopic (exact) mass is 298 g/mol. The van der Waals surface area contributed by atoms with Crippen molar-refractivity contribution in [3.05, 3.63) is 36.4 Å². The summed E-state index contributed by atoms with van der Waals surface area (Å²) in [5, 5.41) is 2.28. The van der Waals surface area contributed by atoms with Crippen LogP contribution in [0.1, 0.15) is 34.6 Å². The molecular weight excluding hydrogens is 275 g/mol. The van der Waals surface area contributed by atoms with Crippen molar-refractivity contribution in [2.24, 2.45) is 0 Å². The third-order valence-electron chi connectivity index (χ3n) is 4.69. The Labute approximate surface area is 132 Å². The van der Waals surface area contributed by atoms with Crippen LogP contribution in [0.5, 0.6) is 5.75 Å². The van der Waals surface area contributed by atoms with Crippen LogP contribution in [0.3, 0.4) is 0 Å². The van der Waals surface area contributed by atoms with E-state index in [1.165, 1.54) is 0 Å². The predicted molar refractivity (Wildman–Crippen MR) is 90.8 cm³/mol. The van der Waals surface area contributed by atoms with Crippen LogP contribution in [0.15, 0.2) is 36.4 Å². The lowest BCUT2D eigenvalue weighted by molar-refractivity contribution is 0.00578. The molecular formula is C18H23BO3. The highest BCUT2D eigenvalue weighted by atomic mass is 16.7. The van der Waals surface area contributed by atoms with Gasteiger partial charge in [0.25, 0.3) is 0 Å². The smallest absolute Gasteiger partial charge is 0.494 e. The zero-order valence-electron chi connectivity index (χ0n) is 14.0. The molecule has 0 saturated carbocycles. The molecule has 0 spiro atoms. The standard InChI is InChI=1S/C18H23BO3/c1-6-20-14-11-13-9-7-8-10-15(13)16(12-14)19-21-17(2,3)18(4,5)22-19/h7-12H,6H2,1-5H3. The molecule has 0 aliphatic carbocycles. The second-order valence-electron chi connectivity index (χ2n) is 6.75. The summed E-state index contributed by atoms with van der Waals surface area (Å²) in [5.74, 6) is 0.853. The Bertz CT molecular complexity index is 678. The predicted octanol–water partition coefficient (Wildman–Crippen LogP) is 3.54. The van der Waals surface area contributed by atoms with Crippen LogP contribution in [0.4, 0.5) is 0 Å². The summed E-state index contributed by atoms with van der Waals surface area (Å²) < 4.78 is 18.1. The summed E-state index contributed by atoms with van der Waals surface area (Å²) in [5.41, 5.74) is 0.334. The Hall–Kier alpha value is -1.52. The van der Waals surface area contributed by atoms with Gasteiger partial charge in [-0.3, -0.25) is 0 Å². The Morgan fingerprint density at radius 3 is 2.27 bits per heavy atom. The van der Waals surface area contributed by atoms with Gasteiger partial charge in [-0.2, -0.15) is 0 Å². The fourth-order valence-electron chi connectivity index (χ4n) is 2.73. The molecule has 1 aliphatic rings. The average molecular weight is 298 g/mol. The van der Waals surface area contributed by atoms with Gasteiger partial charge in [0.2, 0.25) is 0 Å². The number of hydrogen-bond acceptors (Lipinski definition) is 3. The molecule has 2 aromatic carbocycles. The minimum absolute atomic E-state index is 0.347. The second-order valence-corrected chi connectivity index (χ2v) is 6.75. The van der Waals surface area contributed by atoms with E-state index in [0.29, 0.717) is 6.61 Å². The highest BCUT2D eigenvalue weighted by Gasteiger charge is 2.52. The van der Waals surface area contributed by atoms with Gasteiger partial charge in [0.05, 0.1) is 17.8 Å². The van der Waals surface area contributed by atoms with Gasteiger partial charge in [-0.15, -0.1) is 0 Å². The van der Waals surface area contributed by atoms with Gasteiger partial charge in [-0.05, 0) is 63.0 Å². The number of ether oxygens (including phenoxy) is 1. The van der Waals surface area contributed by atoms with Crippen molar-refractivity contribution >= 4 is 23.4 Å². The van der Waals surface area contributed by atoms with E-state index in [1.807, 2.05) is 25.1 Å². The van der Waals surface area contributed by atoms with Gasteiger partial charge >= 0.3 is 7.12 Å². The lowest BCUT2D eigenvalue weighted by Gasteiger charge is -2.32. The molecule has 0 aromatic heterocycles. The van der Waals surface area contributed by atoms with Gasteiger partial charge < -0.3 is 14.0 Å². The van der Waals surface area contributed by atoms with Crippen LogP contribution in [-0.4, -0.2) is 24.9 Å². The maximum Gasteiger partial charge on any atom is 0.495 e. The minimum Gasteiger partial charge on any atom is -0.494 e. The van der Waals surface area contributed by atoms with Crippen LogP contribution in [0, 0.1) is 0 Å².